The Kier molecular flexibility index (Phi) is 5.22. The monoisotopic (exact) mass is 488 g/mol. The molecule has 35 heavy (non-hydrogen) atoms. The van der Waals surface area contributed by atoms with E-state index in [1.165, 1.54) is 23.9 Å². The molecule has 0 saturated carbocycles. The third-order valence-electron chi connectivity index (χ3n) is 5.52. The minimum atomic E-state index is -0.341. The quantitative estimate of drug-likeness (QED) is 0.255. The summed E-state index contributed by atoms with van der Waals surface area (Å²) in [6.07, 6.45) is 0. The van der Waals surface area contributed by atoms with Gasteiger partial charge in [0.25, 0.3) is 5.56 Å². The normalized spacial score (nSPS) is 12.4. The molecule has 0 unspecified atom stereocenters. The van der Waals surface area contributed by atoms with E-state index in [4.69, 9.17) is 19.0 Å². The maximum atomic E-state index is 13.6. The Morgan fingerprint density at radius 3 is 2.51 bits per heavy atom. The molecule has 2 aromatic heterocycles. The fourth-order valence-corrected chi connectivity index (χ4v) is 4.58. The topological polar surface area (TPSA) is 92.3 Å². The number of thioether (sulfide) groups is 1. The lowest BCUT2D eigenvalue weighted by atomic mass is 10.2. The van der Waals surface area contributed by atoms with E-state index in [1.54, 1.807) is 28.8 Å². The third kappa shape index (κ3) is 4.01. The van der Waals surface area contributed by atoms with Crippen LogP contribution in [0.1, 0.15) is 11.5 Å². The van der Waals surface area contributed by atoms with Crippen LogP contribution in [-0.4, -0.2) is 26.5 Å². The SMILES string of the molecule is Cc1ccc(-n2c(SCc3nc(-c4ccc(F)cc4)no3)nc3cc4c(cc3c2=O)OCO4)cc1. The van der Waals surface area contributed by atoms with Gasteiger partial charge in [-0.1, -0.05) is 34.6 Å². The van der Waals surface area contributed by atoms with E-state index in [2.05, 4.69) is 10.1 Å². The molecule has 10 heteroatoms. The Labute approximate surface area is 202 Å². The van der Waals surface area contributed by atoms with Gasteiger partial charge in [0.1, 0.15) is 5.82 Å². The van der Waals surface area contributed by atoms with Gasteiger partial charge in [0, 0.05) is 11.6 Å². The van der Waals surface area contributed by atoms with Crippen LogP contribution in [0.4, 0.5) is 4.39 Å². The zero-order valence-electron chi connectivity index (χ0n) is 18.4. The number of ether oxygens (including phenoxy) is 2. The van der Waals surface area contributed by atoms with Crippen molar-refractivity contribution in [1.29, 1.82) is 0 Å². The Morgan fingerprint density at radius 1 is 1.00 bits per heavy atom. The average Bonchev–Trinajstić information content (AvgIpc) is 3.52. The Hall–Kier alpha value is -4.18. The molecule has 174 valence electrons. The molecular weight excluding hydrogens is 471 g/mol. The molecule has 0 saturated heterocycles. The standard InChI is InChI=1S/C25H17FN4O4S/c1-14-2-8-17(9-3-14)30-24(31)18-10-20-21(33-13-32-20)11-19(18)27-25(30)35-12-22-28-23(29-34-22)15-4-6-16(26)7-5-15/h2-11H,12-13H2,1H3. The number of fused-ring (bicyclic) bond motifs is 2. The minimum absolute atomic E-state index is 0.104. The van der Waals surface area contributed by atoms with Gasteiger partial charge in [-0.05, 0) is 49.4 Å². The van der Waals surface area contributed by atoms with Crippen LogP contribution in [0.2, 0.25) is 0 Å². The first-order valence-electron chi connectivity index (χ1n) is 10.7. The Bertz CT molecular complexity index is 1610. The molecule has 5 aromatic rings. The van der Waals surface area contributed by atoms with Crippen molar-refractivity contribution in [2.24, 2.45) is 0 Å². The van der Waals surface area contributed by atoms with Crippen molar-refractivity contribution in [3.63, 3.8) is 0 Å². The van der Waals surface area contributed by atoms with Gasteiger partial charge < -0.3 is 14.0 Å². The second-order valence-electron chi connectivity index (χ2n) is 7.90. The predicted molar refractivity (Wildman–Crippen MR) is 127 cm³/mol. The number of hydrogen-bond donors (Lipinski definition) is 0. The van der Waals surface area contributed by atoms with Gasteiger partial charge >= 0.3 is 0 Å². The molecule has 1 aliphatic rings. The molecule has 6 rings (SSSR count). The second kappa shape index (κ2) is 8.55. The summed E-state index contributed by atoms with van der Waals surface area (Å²) in [5.41, 5.74) is 2.68. The summed E-state index contributed by atoms with van der Waals surface area (Å²) in [6, 6.07) is 16.8. The van der Waals surface area contributed by atoms with E-state index in [1.807, 2.05) is 31.2 Å². The Balaban J connectivity index is 1.39. The molecule has 0 fully saturated rings. The maximum absolute atomic E-state index is 13.6. The van der Waals surface area contributed by atoms with Crippen molar-refractivity contribution in [1.82, 2.24) is 19.7 Å². The summed E-state index contributed by atoms with van der Waals surface area (Å²) in [5, 5.41) is 4.88. The smallest absolute Gasteiger partial charge is 0.266 e. The van der Waals surface area contributed by atoms with Gasteiger partial charge in [0.15, 0.2) is 16.7 Å². The van der Waals surface area contributed by atoms with Crippen LogP contribution in [0, 0.1) is 12.7 Å². The van der Waals surface area contributed by atoms with Crippen molar-refractivity contribution in [3.05, 3.63) is 88.3 Å². The largest absolute Gasteiger partial charge is 0.454 e. The van der Waals surface area contributed by atoms with Crippen molar-refractivity contribution in [2.75, 3.05) is 6.79 Å². The van der Waals surface area contributed by atoms with Crippen molar-refractivity contribution in [2.45, 2.75) is 17.8 Å². The molecule has 0 bridgehead atoms. The average molecular weight is 489 g/mol. The van der Waals surface area contributed by atoms with E-state index < -0.39 is 0 Å². The summed E-state index contributed by atoms with van der Waals surface area (Å²) in [5.74, 6) is 1.72. The highest BCUT2D eigenvalue weighted by atomic mass is 32.2. The molecule has 3 heterocycles. The highest BCUT2D eigenvalue weighted by Crippen LogP contribution is 2.35. The molecule has 0 spiro atoms. The second-order valence-corrected chi connectivity index (χ2v) is 8.84. The fraction of sp³-hybridized carbons (Fsp3) is 0.120. The van der Waals surface area contributed by atoms with Crippen LogP contribution in [0.5, 0.6) is 11.5 Å². The van der Waals surface area contributed by atoms with Crippen LogP contribution >= 0.6 is 11.8 Å². The van der Waals surface area contributed by atoms with Crippen LogP contribution < -0.4 is 15.0 Å². The minimum Gasteiger partial charge on any atom is -0.454 e. The van der Waals surface area contributed by atoms with Crippen LogP contribution in [0.3, 0.4) is 0 Å². The first kappa shape index (κ1) is 21.4. The number of nitrogens with zero attached hydrogens (tertiary/aromatic N) is 4. The first-order chi connectivity index (χ1) is 17.0. The molecule has 0 radical (unpaired) electrons. The molecule has 0 N–H and O–H groups in total. The lowest BCUT2D eigenvalue weighted by Gasteiger charge is -2.13. The number of rotatable bonds is 5. The van der Waals surface area contributed by atoms with Gasteiger partial charge in [-0.15, -0.1) is 0 Å². The number of halogens is 1. The predicted octanol–water partition coefficient (Wildman–Crippen LogP) is 4.90. The third-order valence-corrected chi connectivity index (χ3v) is 6.44. The summed E-state index contributed by atoms with van der Waals surface area (Å²) >= 11 is 1.30. The lowest BCUT2D eigenvalue weighted by Crippen LogP contribution is -2.21. The highest BCUT2D eigenvalue weighted by molar-refractivity contribution is 7.98. The molecule has 0 aliphatic carbocycles. The molecule has 0 atom stereocenters. The first-order valence-corrected chi connectivity index (χ1v) is 11.7. The van der Waals surface area contributed by atoms with E-state index in [-0.39, 0.29) is 23.9 Å². The zero-order chi connectivity index (χ0) is 23.9. The summed E-state index contributed by atoms with van der Waals surface area (Å²) in [6.45, 7) is 2.09. The molecule has 1 aliphatic heterocycles. The number of aromatic nitrogens is 4. The van der Waals surface area contributed by atoms with Crippen molar-refractivity contribution in [3.8, 4) is 28.6 Å². The molecule has 3 aromatic carbocycles. The fourth-order valence-electron chi connectivity index (χ4n) is 3.73. The van der Waals surface area contributed by atoms with Gasteiger partial charge in [-0.2, -0.15) is 4.98 Å². The molecular formula is C25H17FN4O4S. The van der Waals surface area contributed by atoms with Gasteiger partial charge in [-0.3, -0.25) is 9.36 Å². The van der Waals surface area contributed by atoms with Crippen LogP contribution in [0.15, 0.2) is 75.1 Å². The van der Waals surface area contributed by atoms with Gasteiger partial charge in [0.2, 0.25) is 18.5 Å². The van der Waals surface area contributed by atoms with E-state index in [0.29, 0.717) is 50.5 Å². The molecule has 0 amide bonds. The van der Waals surface area contributed by atoms with Crippen molar-refractivity contribution < 1.29 is 18.4 Å². The van der Waals surface area contributed by atoms with Gasteiger partial charge in [0.05, 0.1) is 22.3 Å². The number of aryl methyl sites for hydroxylation is 1. The maximum Gasteiger partial charge on any atom is 0.266 e. The number of hydrogen-bond acceptors (Lipinski definition) is 8. The van der Waals surface area contributed by atoms with Gasteiger partial charge in [-0.25, -0.2) is 9.37 Å². The summed E-state index contributed by atoms with van der Waals surface area (Å²) in [4.78, 5) is 22.8. The molecule has 8 nitrogen and oxygen atoms in total. The van der Waals surface area contributed by atoms with Crippen LogP contribution in [0.25, 0.3) is 28.0 Å². The van der Waals surface area contributed by atoms with Crippen molar-refractivity contribution >= 4 is 22.7 Å². The van der Waals surface area contributed by atoms with E-state index in [0.717, 1.165) is 5.56 Å². The van der Waals surface area contributed by atoms with Crippen LogP contribution in [-0.2, 0) is 5.75 Å². The summed E-state index contributed by atoms with van der Waals surface area (Å²) in [7, 11) is 0. The number of benzene rings is 3. The zero-order valence-corrected chi connectivity index (χ0v) is 19.2. The Morgan fingerprint density at radius 2 is 1.74 bits per heavy atom. The lowest BCUT2D eigenvalue weighted by molar-refractivity contribution is 0.174. The highest BCUT2D eigenvalue weighted by Gasteiger charge is 2.20. The van der Waals surface area contributed by atoms with E-state index in [9.17, 15) is 9.18 Å². The van der Waals surface area contributed by atoms with E-state index >= 15 is 0 Å². The summed E-state index contributed by atoms with van der Waals surface area (Å²) < 4.78 is 31.1.